The molecule has 0 spiro atoms. The molecule has 0 radical (unpaired) electrons. The highest BCUT2D eigenvalue weighted by molar-refractivity contribution is 5.98. The van der Waals surface area contributed by atoms with Gasteiger partial charge in [-0.05, 0) is 49.7 Å². The zero-order valence-electron chi connectivity index (χ0n) is 17.9. The van der Waals surface area contributed by atoms with Crippen molar-refractivity contribution < 1.29 is 23.9 Å². The number of carbonyl (C=O) groups is 3. The van der Waals surface area contributed by atoms with E-state index in [0.29, 0.717) is 17.0 Å². The molecule has 0 saturated carbocycles. The minimum atomic E-state index is -0.595. The molecule has 8 nitrogen and oxygen atoms in total. The molecule has 0 aliphatic carbocycles. The normalized spacial score (nSPS) is 10.6. The first-order valence-corrected chi connectivity index (χ1v) is 9.72. The molecule has 1 heterocycles. The van der Waals surface area contributed by atoms with E-state index in [1.165, 1.54) is 19.1 Å². The summed E-state index contributed by atoms with van der Waals surface area (Å²) in [6, 6.07) is 12.1. The maximum Gasteiger partial charge on any atom is 0.338 e. The zero-order valence-corrected chi connectivity index (χ0v) is 17.9. The van der Waals surface area contributed by atoms with Crippen LogP contribution in [0.1, 0.15) is 21.6 Å². The van der Waals surface area contributed by atoms with Crippen LogP contribution in [0.4, 0.5) is 5.69 Å². The second kappa shape index (κ2) is 9.34. The summed E-state index contributed by atoms with van der Waals surface area (Å²) in [4.78, 5) is 41.3. The molecule has 0 aliphatic heterocycles. The number of aromatic nitrogens is 1. The molecule has 31 heavy (non-hydrogen) atoms. The highest BCUT2D eigenvalue weighted by Crippen LogP contribution is 2.22. The SMILES string of the molecule is COc1cccc(NC(=O)CN(C)C(=O)COC(=O)c2ccc3[nH]c(C)c(C)c3c2)c1. The number of nitrogens with zero attached hydrogens (tertiary/aromatic N) is 1. The Kier molecular flexibility index (Phi) is 6.59. The van der Waals surface area contributed by atoms with Crippen molar-refractivity contribution in [2.75, 3.05) is 32.6 Å². The molecular formula is C23H25N3O5. The third kappa shape index (κ3) is 5.22. The molecular weight excluding hydrogens is 398 g/mol. The molecule has 2 aromatic carbocycles. The van der Waals surface area contributed by atoms with E-state index in [9.17, 15) is 14.4 Å². The Balaban J connectivity index is 1.53. The van der Waals surface area contributed by atoms with Gasteiger partial charge in [-0.15, -0.1) is 0 Å². The zero-order chi connectivity index (χ0) is 22.5. The lowest BCUT2D eigenvalue weighted by Gasteiger charge is -2.17. The summed E-state index contributed by atoms with van der Waals surface area (Å²) < 4.78 is 10.3. The Bertz CT molecular complexity index is 1140. The fourth-order valence-electron chi connectivity index (χ4n) is 3.11. The smallest absolute Gasteiger partial charge is 0.338 e. The number of H-pyrrole nitrogens is 1. The predicted octanol–water partition coefficient (Wildman–Crippen LogP) is 3.05. The maximum atomic E-state index is 12.4. The Morgan fingerprint density at radius 1 is 1.10 bits per heavy atom. The molecule has 2 amide bonds. The number of amides is 2. The number of aromatic amines is 1. The second-order valence-corrected chi connectivity index (χ2v) is 7.24. The van der Waals surface area contributed by atoms with Crippen molar-refractivity contribution in [3.63, 3.8) is 0 Å². The van der Waals surface area contributed by atoms with Gasteiger partial charge in [-0.2, -0.15) is 0 Å². The standard InChI is InChI=1S/C23H25N3O5/c1-14-15(2)24-20-9-8-16(10-19(14)20)23(29)31-13-22(28)26(3)12-21(27)25-17-6-5-7-18(11-17)30-4/h5-11,24H,12-13H2,1-4H3,(H,25,27). The van der Waals surface area contributed by atoms with Crippen LogP contribution in [0.3, 0.4) is 0 Å². The van der Waals surface area contributed by atoms with Crippen molar-refractivity contribution in [1.29, 1.82) is 0 Å². The minimum Gasteiger partial charge on any atom is -0.497 e. The molecule has 0 unspecified atom stereocenters. The molecule has 2 N–H and O–H groups in total. The molecule has 0 saturated heterocycles. The number of fused-ring (bicyclic) bond motifs is 1. The molecule has 0 bridgehead atoms. The van der Waals surface area contributed by atoms with Gasteiger partial charge in [0.25, 0.3) is 5.91 Å². The number of anilines is 1. The fourth-order valence-corrected chi connectivity index (χ4v) is 3.11. The highest BCUT2D eigenvalue weighted by Gasteiger charge is 2.17. The highest BCUT2D eigenvalue weighted by atomic mass is 16.5. The van der Waals surface area contributed by atoms with Crippen molar-refractivity contribution in [2.24, 2.45) is 0 Å². The average Bonchev–Trinajstić information content (AvgIpc) is 3.04. The van der Waals surface area contributed by atoms with Gasteiger partial charge in [0, 0.05) is 35.4 Å². The van der Waals surface area contributed by atoms with Crippen LogP contribution in [0.15, 0.2) is 42.5 Å². The van der Waals surface area contributed by atoms with Crippen molar-refractivity contribution in [3.8, 4) is 5.75 Å². The largest absolute Gasteiger partial charge is 0.497 e. The predicted molar refractivity (Wildman–Crippen MR) is 117 cm³/mol. The Hall–Kier alpha value is -3.81. The van der Waals surface area contributed by atoms with Crippen LogP contribution in [-0.4, -0.2) is 55.0 Å². The summed E-state index contributed by atoms with van der Waals surface area (Å²) in [5, 5.41) is 3.63. The van der Waals surface area contributed by atoms with Crippen LogP contribution in [0.25, 0.3) is 10.9 Å². The number of rotatable bonds is 7. The van der Waals surface area contributed by atoms with Crippen LogP contribution < -0.4 is 10.1 Å². The molecule has 0 fully saturated rings. The van der Waals surface area contributed by atoms with Gasteiger partial charge in [-0.1, -0.05) is 6.07 Å². The van der Waals surface area contributed by atoms with Gasteiger partial charge in [0.2, 0.25) is 5.91 Å². The van der Waals surface area contributed by atoms with Gasteiger partial charge in [0.05, 0.1) is 19.2 Å². The Morgan fingerprint density at radius 3 is 2.61 bits per heavy atom. The Morgan fingerprint density at radius 2 is 1.87 bits per heavy atom. The first-order valence-electron chi connectivity index (χ1n) is 9.72. The summed E-state index contributed by atoms with van der Waals surface area (Å²) in [6.07, 6.45) is 0. The summed E-state index contributed by atoms with van der Waals surface area (Å²) in [5.74, 6) is -0.844. The van der Waals surface area contributed by atoms with E-state index in [1.807, 2.05) is 19.9 Å². The minimum absolute atomic E-state index is 0.179. The fraction of sp³-hybridized carbons (Fsp3) is 0.261. The summed E-state index contributed by atoms with van der Waals surface area (Å²) in [7, 11) is 3.01. The third-order valence-electron chi connectivity index (χ3n) is 5.03. The molecule has 3 rings (SSSR count). The number of ether oxygens (including phenoxy) is 2. The average molecular weight is 423 g/mol. The third-order valence-corrected chi connectivity index (χ3v) is 5.03. The van der Waals surface area contributed by atoms with E-state index in [-0.39, 0.29) is 12.5 Å². The van der Waals surface area contributed by atoms with Crippen molar-refractivity contribution in [2.45, 2.75) is 13.8 Å². The monoisotopic (exact) mass is 423 g/mol. The van der Waals surface area contributed by atoms with Crippen LogP contribution in [0.5, 0.6) is 5.75 Å². The summed E-state index contributed by atoms with van der Waals surface area (Å²) in [6.45, 7) is 3.30. The van der Waals surface area contributed by atoms with Gasteiger partial charge >= 0.3 is 5.97 Å². The van der Waals surface area contributed by atoms with E-state index in [0.717, 1.165) is 22.2 Å². The number of methoxy groups -OCH3 is 1. The van der Waals surface area contributed by atoms with Crippen molar-refractivity contribution in [3.05, 3.63) is 59.3 Å². The number of benzene rings is 2. The lowest BCUT2D eigenvalue weighted by molar-refractivity contribution is -0.136. The molecule has 0 atom stereocenters. The number of esters is 1. The van der Waals surface area contributed by atoms with Crippen molar-refractivity contribution in [1.82, 2.24) is 9.88 Å². The van der Waals surface area contributed by atoms with Gasteiger partial charge in [0.1, 0.15) is 5.75 Å². The molecule has 0 aliphatic rings. The quantitative estimate of drug-likeness (QED) is 0.569. The number of hydrogen-bond donors (Lipinski definition) is 2. The molecule has 162 valence electrons. The molecule has 1 aromatic heterocycles. The first-order chi connectivity index (χ1) is 14.8. The van der Waals surface area contributed by atoms with Gasteiger partial charge in [0.15, 0.2) is 6.61 Å². The van der Waals surface area contributed by atoms with E-state index in [4.69, 9.17) is 9.47 Å². The van der Waals surface area contributed by atoms with Gasteiger partial charge in [-0.25, -0.2) is 4.79 Å². The van der Waals surface area contributed by atoms with Crippen LogP contribution in [0, 0.1) is 13.8 Å². The molecule has 8 heteroatoms. The van der Waals surface area contributed by atoms with E-state index in [1.54, 1.807) is 36.4 Å². The lowest BCUT2D eigenvalue weighted by atomic mass is 10.1. The number of aryl methyl sites for hydroxylation is 2. The van der Waals surface area contributed by atoms with Crippen LogP contribution in [0.2, 0.25) is 0 Å². The number of hydrogen-bond acceptors (Lipinski definition) is 5. The maximum absolute atomic E-state index is 12.4. The van der Waals surface area contributed by atoms with E-state index < -0.39 is 18.5 Å². The van der Waals surface area contributed by atoms with Crippen LogP contribution >= 0.6 is 0 Å². The number of nitrogens with one attached hydrogen (secondary N) is 2. The van der Waals surface area contributed by atoms with Gasteiger partial charge in [-0.3, -0.25) is 9.59 Å². The topological polar surface area (TPSA) is 101 Å². The molecule has 3 aromatic rings. The first kappa shape index (κ1) is 21.9. The summed E-state index contributed by atoms with van der Waals surface area (Å²) in [5.41, 5.74) is 3.94. The van der Waals surface area contributed by atoms with E-state index in [2.05, 4.69) is 10.3 Å². The number of likely N-dealkylation sites (N-methyl/N-ethyl adjacent to an activating group) is 1. The Labute approximate surface area is 180 Å². The number of carbonyl (C=O) groups excluding carboxylic acids is 3. The van der Waals surface area contributed by atoms with Crippen molar-refractivity contribution >= 4 is 34.4 Å². The summed E-state index contributed by atoms with van der Waals surface area (Å²) >= 11 is 0. The second-order valence-electron chi connectivity index (χ2n) is 7.24. The van der Waals surface area contributed by atoms with Crippen LogP contribution in [-0.2, 0) is 14.3 Å². The van der Waals surface area contributed by atoms with Gasteiger partial charge < -0.3 is 24.7 Å². The van der Waals surface area contributed by atoms with E-state index >= 15 is 0 Å². The lowest BCUT2D eigenvalue weighted by Crippen LogP contribution is -2.37.